The summed E-state index contributed by atoms with van der Waals surface area (Å²) in [5, 5.41) is 0. The predicted molar refractivity (Wildman–Crippen MR) is 99.2 cm³/mol. The third-order valence-electron chi connectivity index (χ3n) is 4.90. The molecular formula is C22H32Cl2Ti. The zero-order valence-electron chi connectivity index (χ0n) is 17.1. The standard InChI is InChI=1S/C12H17.C10H15.2ClH.Ti/c1-9(2)11-6-5-7-12(8-11)10(3)4;1-6-7(2)9(4)10(5)8(6)3;;;/h5-7,9-10H,1-4H3;1-5H3;2*1H;/q2*-1;;;+4/p-2. The maximum Gasteiger partial charge on any atom is 4.00 e. The fourth-order valence-electron chi connectivity index (χ4n) is 2.59. The molecule has 3 heteroatoms. The van der Waals surface area contributed by atoms with Crippen molar-refractivity contribution >= 4 is 0 Å². The normalized spacial score (nSPS) is 9.56. The SMILES string of the molecule is CC(C)c1[c-]c(C(C)C)ccc1.Cc1c(C)c(C)[c-](C)c1C.[Cl-].[Cl-].[Ti+4]. The fourth-order valence-corrected chi connectivity index (χ4v) is 2.59. The van der Waals surface area contributed by atoms with Crippen LogP contribution in [0.3, 0.4) is 0 Å². The van der Waals surface area contributed by atoms with E-state index < -0.39 is 0 Å². The monoisotopic (exact) mass is 414 g/mol. The summed E-state index contributed by atoms with van der Waals surface area (Å²) < 4.78 is 0. The van der Waals surface area contributed by atoms with E-state index in [9.17, 15) is 0 Å². The molecule has 0 aliphatic heterocycles. The number of hydrogen-bond acceptors (Lipinski definition) is 0. The number of halogens is 2. The topological polar surface area (TPSA) is 0 Å². The van der Waals surface area contributed by atoms with Gasteiger partial charge in [-0.25, -0.2) is 0 Å². The maximum absolute atomic E-state index is 3.44. The zero-order chi connectivity index (χ0) is 17.0. The van der Waals surface area contributed by atoms with Crippen molar-refractivity contribution in [2.24, 2.45) is 0 Å². The van der Waals surface area contributed by atoms with Crippen LogP contribution in [0.2, 0.25) is 0 Å². The summed E-state index contributed by atoms with van der Waals surface area (Å²) in [6, 6.07) is 9.87. The molecule has 0 amide bonds. The molecule has 2 aromatic rings. The molecule has 0 saturated carbocycles. The summed E-state index contributed by atoms with van der Waals surface area (Å²) in [4.78, 5) is 0. The Morgan fingerprint density at radius 1 is 0.760 bits per heavy atom. The Balaban J connectivity index is -0.000000350. The first-order chi connectivity index (χ1) is 10.2. The number of rotatable bonds is 2. The third-order valence-corrected chi connectivity index (χ3v) is 4.90. The molecule has 0 aliphatic rings. The first kappa shape index (κ1) is 29.6. The molecule has 0 saturated heterocycles. The van der Waals surface area contributed by atoms with Crippen molar-refractivity contribution in [1.82, 2.24) is 0 Å². The number of benzene rings is 1. The van der Waals surface area contributed by atoms with Gasteiger partial charge in [0.15, 0.2) is 0 Å². The summed E-state index contributed by atoms with van der Waals surface area (Å²) >= 11 is 0. The Morgan fingerprint density at radius 2 is 1.08 bits per heavy atom. The molecule has 0 aliphatic carbocycles. The van der Waals surface area contributed by atoms with Crippen LogP contribution in [0.5, 0.6) is 0 Å². The Morgan fingerprint density at radius 3 is 1.28 bits per heavy atom. The van der Waals surface area contributed by atoms with E-state index in [1.165, 1.54) is 38.9 Å². The smallest absolute Gasteiger partial charge is 1.00 e. The Bertz CT molecular complexity index is 522. The molecule has 0 aromatic heterocycles. The van der Waals surface area contributed by atoms with Gasteiger partial charge in [0, 0.05) is 0 Å². The quantitative estimate of drug-likeness (QED) is 0.500. The summed E-state index contributed by atoms with van der Waals surface area (Å²) in [7, 11) is 0. The van der Waals surface area contributed by atoms with E-state index in [2.05, 4.69) is 86.6 Å². The van der Waals surface area contributed by atoms with Gasteiger partial charge in [-0.15, -0.1) is 0 Å². The zero-order valence-corrected chi connectivity index (χ0v) is 20.2. The van der Waals surface area contributed by atoms with Crippen LogP contribution in [0.15, 0.2) is 18.2 Å². The van der Waals surface area contributed by atoms with Gasteiger partial charge in [-0.2, -0.15) is 63.2 Å². The molecule has 0 spiro atoms. The van der Waals surface area contributed by atoms with E-state index in [0.717, 1.165) is 0 Å². The van der Waals surface area contributed by atoms with Gasteiger partial charge < -0.3 is 24.8 Å². The average molecular weight is 415 g/mol. The molecule has 25 heavy (non-hydrogen) atoms. The minimum absolute atomic E-state index is 0. The summed E-state index contributed by atoms with van der Waals surface area (Å²) in [6.07, 6.45) is 0. The fraction of sp³-hybridized carbons (Fsp3) is 0.500. The van der Waals surface area contributed by atoms with Gasteiger partial charge in [-0.05, 0) is 11.8 Å². The molecule has 0 atom stereocenters. The summed E-state index contributed by atoms with van der Waals surface area (Å²) in [6.45, 7) is 19.8. The molecule has 0 nitrogen and oxygen atoms in total. The number of hydrogen-bond donors (Lipinski definition) is 0. The van der Waals surface area contributed by atoms with E-state index in [1.54, 1.807) is 0 Å². The molecule has 0 radical (unpaired) electrons. The van der Waals surface area contributed by atoms with Gasteiger partial charge in [-0.1, -0.05) is 62.3 Å². The van der Waals surface area contributed by atoms with Crippen molar-refractivity contribution in [3.8, 4) is 0 Å². The minimum atomic E-state index is 0. The van der Waals surface area contributed by atoms with Gasteiger partial charge in [0.2, 0.25) is 0 Å². The largest absolute Gasteiger partial charge is 4.00 e. The van der Waals surface area contributed by atoms with Gasteiger partial charge in [0.05, 0.1) is 0 Å². The van der Waals surface area contributed by atoms with Crippen LogP contribution in [0, 0.1) is 40.7 Å². The molecule has 0 fully saturated rings. The third kappa shape index (κ3) is 7.96. The molecular weight excluding hydrogens is 383 g/mol. The second kappa shape index (κ2) is 13.1. The van der Waals surface area contributed by atoms with Crippen LogP contribution in [0.1, 0.15) is 78.5 Å². The van der Waals surface area contributed by atoms with E-state index in [4.69, 9.17) is 0 Å². The van der Waals surface area contributed by atoms with Crippen LogP contribution in [-0.2, 0) is 21.7 Å². The van der Waals surface area contributed by atoms with Crippen molar-refractivity contribution in [2.45, 2.75) is 74.1 Å². The van der Waals surface area contributed by atoms with Crippen molar-refractivity contribution in [3.63, 3.8) is 0 Å². The first-order valence-corrected chi connectivity index (χ1v) is 8.38. The van der Waals surface area contributed by atoms with E-state index in [0.29, 0.717) is 11.8 Å². The molecule has 0 N–H and O–H groups in total. The average Bonchev–Trinajstić information content (AvgIpc) is 2.66. The molecule has 138 valence electrons. The van der Waals surface area contributed by atoms with E-state index in [-0.39, 0.29) is 46.5 Å². The molecule has 2 rings (SSSR count). The van der Waals surface area contributed by atoms with Crippen molar-refractivity contribution in [2.75, 3.05) is 0 Å². The van der Waals surface area contributed by atoms with Gasteiger partial charge in [0.1, 0.15) is 0 Å². The molecule has 2 aromatic carbocycles. The Labute approximate surface area is 183 Å². The maximum atomic E-state index is 3.44. The molecule has 0 unspecified atom stereocenters. The van der Waals surface area contributed by atoms with Gasteiger partial charge in [0.25, 0.3) is 0 Å². The van der Waals surface area contributed by atoms with Crippen LogP contribution >= 0.6 is 0 Å². The van der Waals surface area contributed by atoms with Crippen molar-refractivity contribution in [3.05, 3.63) is 63.2 Å². The van der Waals surface area contributed by atoms with E-state index >= 15 is 0 Å². The van der Waals surface area contributed by atoms with Crippen molar-refractivity contribution in [1.29, 1.82) is 0 Å². The summed E-state index contributed by atoms with van der Waals surface area (Å²) in [5.41, 5.74) is 9.98. The van der Waals surface area contributed by atoms with Gasteiger partial charge in [-0.3, -0.25) is 0 Å². The van der Waals surface area contributed by atoms with Gasteiger partial charge >= 0.3 is 21.7 Å². The van der Waals surface area contributed by atoms with Crippen molar-refractivity contribution < 1.29 is 46.5 Å². The summed E-state index contributed by atoms with van der Waals surface area (Å²) in [5.74, 6) is 1.17. The Hall–Kier alpha value is -0.136. The second-order valence-electron chi connectivity index (χ2n) is 7.00. The van der Waals surface area contributed by atoms with Crippen LogP contribution < -0.4 is 24.8 Å². The van der Waals surface area contributed by atoms with Crippen LogP contribution in [0.4, 0.5) is 0 Å². The molecule has 0 bridgehead atoms. The van der Waals surface area contributed by atoms with Crippen LogP contribution in [-0.4, -0.2) is 0 Å². The minimum Gasteiger partial charge on any atom is -1.00 e. The van der Waals surface area contributed by atoms with Crippen LogP contribution in [0.25, 0.3) is 0 Å². The molecule has 0 heterocycles. The van der Waals surface area contributed by atoms with E-state index in [1.807, 2.05) is 0 Å². The first-order valence-electron chi connectivity index (χ1n) is 8.38. The predicted octanol–water partition coefficient (Wildman–Crippen LogP) is 0.687. The second-order valence-corrected chi connectivity index (χ2v) is 7.00. The Kier molecular flexibility index (Phi) is 15.5.